The first-order chi connectivity index (χ1) is 9.15. The van der Waals surface area contributed by atoms with E-state index in [0.29, 0.717) is 12.1 Å². The molecule has 0 saturated carbocycles. The summed E-state index contributed by atoms with van der Waals surface area (Å²) in [6.07, 6.45) is 2.50. The summed E-state index contributed by atoms with van der Waals surface area (Å²) >= 11 is 2.23. The standard InChI is InChI=1S/C13H12IN3O2/c1-16-10(4-6-15-16)5-7-17-11-8-9(14)2-3-12(11)19-13(17)18/h2-4,6,8H,5,7H2,1H3. The van der Waals surface area contributed by atoms with E-state index in [2.05, 4.69) is 27.7 Å². The lowest BCUT2D eigenvalue weighted by Crippen LogP contribution is -2.16. The van der Waals surface area contributed by atoms with E-state index in [-0.39, 0.29) is 5.76 Å². The SMILES string of the molecule is Cn1nccc1CCn1c(=O)oc2ccc(I)cc21. The van der Waals surface area contributed by atoms with Crippen molar-refractivity contribution in [1.29, 1.82) is 0 Å². The topological polar surface area (TPSA) is 53.0 Å². The maximum atomic E-state index is 11.9. The highest BCUT2D eigenvalue weighted by molar-refractivity contribution is 14.1. The number of halogens is 1. The third-order valence-corrected chi connectivity index (χ3v) is 3.81. The van der Waals surface area contributed by atoms with Gasteiger partial charge < -0.3 is 4.42 Å². The van der Waals surface area contributed by atoms with E-state index < -0.39 is 0 Å². The van der Waals surface area contributed by atoms with E-state index >= 15 is 0 Å². The summed E-state index contributed by atoms with van der Waals surface area (Å²) in [5.41, 5.74) is 2.57. The van der Waals surface area contributed by atoms with Gasteiger partial charge in [-0.1, -0.05) is 0 Å². The average molecular weight is 369 g/mol. The van der Waals surface area contributed by atoms with Gasteiger partial charge >= 0.3 is 5.76 Å². The molecular formula is C13H12IN3O2. The van der Waals surface area contributed by atoms with Gasteiger partial charge in [0.1, 0.15) is 0 Å². The quantitative estimate of drug-likeness (QED) is 0.665. The molecule has 6 heteroatoms. The Morgan fingerprint density at radius 3 is 2.95 bits per heavy atom. The molecule has 3 aromatic rings. The normalized spacial score (nSPS) is 11.3. The van der Waals surface area contributed by atoms with Crippen LogP contribution < -0.4 is 5.76 Å². The molecule has 0 aliphatic carbocycles. The first-order valence-corrected chi connectivity index (χ1v) is 6.99. The zero-order valence-corrected chi connectivity index (χ0v) is 12.5. The fourth-order valence-corrected chi connectivity index (χ4v) is 2.59. The minimum Gasteiger partial charge on any atom is -0.408 e. The second-order valence-electron chi connectivity index (χ2n) is 4.33. The Hall–Kier alpha value is -1.57. The maximum absolute atomic E-state index is 11.9. The van der Waals surface area contributed by atoms with Crippen molar-refractivity contribution >= 4 is 33.7 Å². The fraction of sp³-hybridized carbons (Fsp3) is 0.231. The molecule has 0 spiro atoms. The minimum atomic E-state index is -0.306. The predicted molar refractivity (Wildman–Crippen MR) is 80.1 cm³/mol. The van der Waals surface area contributed by atoms with E-state index in [9.17, 15) is 4.79 Å². The Labute approximate surface area is 123 Å². The lowest BCUT2D eigenvalue weighted by Gasteiger charge is -2.03. The van der Waals surface area contributed by atoms with E-state index in [1.807, 2.05) is 36.0 Å². The summed E-state index contributed by atoms with van der Waals surface area (Å²) in [5.74, 6) is -0.306. The lowest BCUT2D eigenvalue weighted by atomic mass is 10.3. The first-order valence-electron chi connectivity index (χ1n) is 5.91. The van der Waals surface area contributed by atoms with Crippen molar-refractivity contribution in [3.63, 3.8) is 0 Å². The van der Waals surface area contributed by atoms with Crippen LogP contribution in [0.2, 0.25) is 0 Å². The van der Waals surface area contributed by atoms with E-state index in [1.165, 1.54) is 0 Å². The monoisotopic (exact) mass is 369 g/mol. The van der Waals surface area contributed by atoms with Crippen LogP contribution in [0.1, 0.15) is 5.69 Å². The molecule has 0 radical (unpaired) electrons. The molecule has 2 heterocycles. The molecular weight excluding hydrogens is 357 g/mol. The molecule has 0 aliphatic rings. The van der Waals surface area contributed by atoms with Crippen molar-refractivity contribution < 1.29 is 4.42 Å². The number of nitrogens with zero attached hydrogens (tertiary/aromatic N) is 3. The summed E-state index contributed by atoms with van der Waals surface area (Å²) in [6.45, 7) is 0.589. The van der Waals surface area contributed by atoms with Gasteiger partial charge in [0.15, 0.2) is 5.58 Å². The van der Waals surface area contributed by atoms with Crippen molar-refractivity contribution in [2.45, 2.75) is 13.0 Å². The first kappa shape index (κ1) is 12.5. The van der Waals surface area contributed by atoms with Crippen LogP contribution in [0.3, 0.4) is 0 Å². The number of hydrogen-bond donors (Lipinski definition) is 0. The minimum absolute atomic E-state index is 0.306. The van der Waals surface area contributed by atoms with Gasteiger partial charge in [0.2, 0.25) is 0 Å². The molecule has 0 N–H and O–H groups in total. The third-order valence-electron chi connectivity index (χ3n) is 3.14. The number of aryl methyl sites for hydroxylation is 3. The number of hydrogen-bond acceptors (Lipinski definition) is 3. The molecule has 0 unspecified atom stereocenters. The van der Waals surface area contributed by atoms with Gasteiger partial charge in [0.05, 0.1) is 5.52 Å². The van der Waals surface area contributed by atoms with Crippen LogP contribution >= 0.6 is 22.6 Å². The predicted octanol–water partition coefficient (Wildman–Crippen LogP) is 2.18. The molecule has 98 valence electrons. The van der Waals surface area contributed by atoms with Crippen LogP contribution in [0.5, 0.6) is 0 Å². The second-order valence-corrected chi connectivity index (χ2v) is 5.57. The Kier molecular flexibility index (Phi) is 3.17. The van der Waals surface area contributed by atoms with Gasteiger partial charge in [-0.15, -0.1) is 0 Å². The van der Waals surface area contributed by atoms with Crippen LogP contribution in [-0.2, 0) is 20.0 Å². The zero-order valence-electron chi connectivity index (χ0n) is 10.3. The van der Waals surface area contributed by atoms with Crippen LogP contribution in [0.25, 0.3) is 11.1 Å². The van der Waals surface area contributed by atoms with Gasteiger partial charge in [-0.05, 0) is 46.9 Å². The summed E-state index contributed by atoms with van der Waals surface area (Å²) in [7, 11) is 1.90. The molecule has 1 aromatic carbocycles. The van der Waals surface area contributed by atoms with Crippen LogP contribution in [0, 0.1) is 3.57 Å². The van der Waals surface area contributed by atoms with Gasteiger partial charge in [-0.25, -0.2) is 4.79 Å². The van der Waals surface area contributed by atoms with Crippen LogP contribution in [0.15, 0.2) is 39.7 Å². The fourth-order valence-electron chi connectivity index (χ4n) is 2.12. The molecule has 0 aliphatic heterocycles. The summed E-state index contributed by atoms with van der Waals surface area (Å²) in [5, 5.41) is 4.12. The maximum Gasteiger partial charge on any atom is 0.419 e. The Bertz CT molecular complexity index is 785. The lowest BCUT2D eigenvalue weighted by molar-refractivity contribution is 0.501. The average Bonchev–Trinajstić information content (AvgIpc) is 2.90. The molecule has 2 aromatic heterocycles. The number of aromatic nitrogens is 3. The highest BCUT2D eigenvalue weighted by Gasteiger charge is 2.10. The summed E-state index contributed by atoms with van der Waals surface area (Å²) < 4.78 is 9.81. The molecule has 0 fully saturated rings. The highest BCUT2D eigenvalue weighted by atomic mass is 127. The smallest absolute Gasteiger partial charge is 0.408 e. The molecule has 0 amide bonds. The van der Waals surface area contributed by atoms with E-state index in [0.717, 1.165) is 21.2 Å². The van der Waals surface area contributed by atoms with Crippen molar-refractivity contribution in [3.05, 3.63) is 50.3 Å². The molecule has 0 bridgehead atoms. The van der Waals surface area contributed by atoms with Crippen molar-refractivity contribution in [2.75, 3.05) is 0 Å². The van der Waals surface area contributed by atoms with Crippen molar-refractivity contribution in [1.82, 2.24) is 14.3 Å². The summed E-state index contributed by atoms with van der Waals surface area (Å²) in [6, 6.07) is 7.68. The van der Waals surface area contributed by atoms with Crippen molar-refractivity contribution in [3.8, 4) is 0 Å². The van der Waals surface area contributed by atoms with Crippen LogP contribution in [-0.4, -0.2) is 14.3 Å². The molecule has 0 atom stereocenters. The van der Waals surface area contributed by atoms with Crippen LogP contribution in [0.4, 0.5) is 0 Å². The largest absolute Gasteiger partial charge is 0.419 e. The number of fused-ring (bicyclic) bond motifs is 1. The zero-order chi connectivity index (χ0) is 13.4. The van der Waals surface area contributed by atoms with Gasteiger partial charge in [-0.2, -0.15) is 5.10 Å². The molecule has 0 saturated heterocycles. The number of oxazole rings is 1. The van der Waals surface area contributed by atoms with Gasteiger partial charge in [0.25, 0.3) is 0 Å². The van der Waals surface area contributed by atoms with E-state index in [1.54, 1.807) is 10.8 Å². The molecule has 5 nitrogen and oxygen atoms in total. The molecule has 19 heavy (non-hydrogen) atoms. The number of rotatable bonds is 3. The Morgan fingerprint density at radius 1 is 1.37 bits per heavy atom. The number of benzene rings is 1. The second kappa shape index (κ2) is 4.84. The Balaban J connectivity index is 1.96. The Morgan fingerprint density at radius 2 is 2.21 bits per heavy atom. The van der Waals surface area contributed by atoms with Gasteiger partial charge in [-0.3, -0.25) is 9.25 Å². The van der Waals surface area contributed by atoms with Gasteiger partial charge in [0, 0.05) is 35.5 Å². The summed E-state index contributed by atoms with van der Waals surface area (Å²) in [4.78, 5) is 11.9. The highest BCUT2D eigenvalue weighted by Crippen LogP contribution is 2.16. The van der Waals surface area contributed by atoms with Crippen molar-refractivity contribution in [2.24, 2.45) is 7.05 Å². The molecule has 3 rings (SSSR count). The van der Waals surface area contributed by atoms with E-state index in [4.69, 9.17) is 4.42 Å². The third kappa shape index (κ3) is 2.32.